The zero-order chi connectivity index (χ0) is 12.7. The SMILES string of the molecule is CC(C)CN(CCN1CCCNCC1)C(C)C. The molecule has 0 aromatic heterocycles. The summed E-state index contributed by atoms with van der Waals surface area (Å²) in [5.74, 6) is 0.767. The van der Waals surface area contributed by atoms with Crippen molar-refractivity contribution in [2.45, 2.75) is 40.2 Å². The summed E-state index contributed by atoms with van der Waals surface area (Å²) < 4.78 is 0. The Bertz CT molecular complexity index is 184. The first kappa shape index (κ1) is 14.9. The molecule has 3 heteroatoms. The van der Waals surface area contributed by atoms with Crippen molar-refractivity contribution in [1.29, 1.82) is 0 Å². The highest BCUT2D eigenvalue weighted by molar-refractivity contribution is 4.70. The van der Waals surface area contributed by atoms with Gasteiger partial charge in [-0.05, 0) is 39.3 Å². The average Bonchev–Trinajstić information content (AvgIpc) is 2.51. The van der Waals surface area contributed by atoms with Gasteiger partial charge in [-0.15, -0.1) is 0 Å². The molecular weight excluding hydrogens is 210 g/mol. The van der Waals surface area contributed by atoms with Gasteiger partial charge in [-0.3, -0.25) is 4.90 Å². The van der Waals surface area contributed by atoms with Crippen molar-refractivity contribution >= 4 is 0 Å². The molecule has 0 atom stereocenters. The van der Waals surface area contributed by atoms with E-state index in [1.165, 1.54) is 45.7 Å². The Hall–Kier alpha value is -0.120. The average molecular weight is 241 g/mol. The van der Waals surface area contributed by atoms with Crippen molar-refractivity contribution in [3.05, 3.63) is 0 Å². The summed E-state index contributed by atoms with van der Waals surface area (Å²) in [4.78, 5) is 5.22. The number of hydrogen-bond acceptors (Lipinski definition) is 3. The Kier molecular flexibility index (Phi) is 7.09. The Morgan fingerprint density at radius 1 is 1.12 bits per heavy atom. The predicted molar refractivity (Wildman–Crippen MR) is 75.5 cm³/mol. The van der Waals surface area contributed by atoms with Crippen molar-refractivity contribution in [2.75, 3.05) is 45.8 Å². The summed E-state index contributed by atoms with van der Waals surface area (Å²) in [6.07, 6.45) is 1.30. The van der Waals surface area contributed by atoms with E-state index >= 15 is 0 Å². The molecule has 1 aliphatic heterocycles. The molecule has 1 heterocycles. The van der Waals surface area contributed by atoms with Crippen LogP contribution in [-0.4, -0.2) is 61.7 Å². The van der Waals surface area contributed by atoms with Crippen molar-refractivity contribution in [3.63, 3.8) is 0 Å². The van der Waals surface area contributed by atoms with Crippen LogP contribution in [0.5, 0.6) is 0 Å². The van der Waals surface area contributed by atoms with Crippen molar-refractivity contribution in [3.8, 4) is 0 Å². The molecule has 0 aliphatic carbocycles. The molecule has 1 saturated heterocycles. The van der Waals surface area contributed by atoms with E-state index in [2.05, 4.69) is 42.8 Å². The largest absolute Gasteiger partial charge is 0.315 e. The van der Waals surface area contributed by atoms with Crippen LogP contribution in [0.25, 0.3) is 0 Å². The van der Waals surface area contributed by atoms with Crippen LogP contribution in [0.1, 0.15) is 34.1 Å². The zero-order valence-electron chi connectivity index (χ0n) is 12.2. The van der Waals surface area contributed by atoms with Crippen molar-refractivity contribution in [1.82, 2.24) is 15.1 Å². The van der Waals surface area contributed by atoms with E-state index in [1.807, 2.05) is 0 Å². The van der Waals surface area contributed by atoms with E-state index in [0.29, 0.717) is 6.04 Å². The molecule has 17 heavy (non-hydrogen) atoms. The molecule has 1 fully saturated rings. The van der Waals surface area contributed by atoms with Crippen molar-refractivity contribution in [2.24, 2.45) is 5.92 Å². The van der Waals surface area contributed by atoms with Gasteiger partial charge in [0, 0.05) is 38.8 Å². The molecule has 0 spiro atoms. The third-order valence-electron chi connectivity index (χ3n) is 3.47. The third kappa shape index (κ3) is 6.39. The third-order valence-corrected chi connectivity index (χ3v) is 3.47. The van der Waals surface area contributed by atoms with E-state index in [0.717, 1.165) is 12.5 Å². The number of nitrogens with one attached hydrogen (secondary N) is 1. The molecule has 1 rings (SSSR count). The molecule has 0 radical (unpaired) electrons. The van der Waals surface area contributed by atoms with Gasteiger partial charge in [0.25, 0.3) is 0 Å². The van der Waals surface area contributed by atoms with Gasteiger partial charge >= 0.3 is 0 Å². The van der Waals surface area contributed by atoms with E-state index in [-0.39, 0.29) is 0 Å². The fourth-order valence-corrected chi connectivity index (χ4v) is 2.42. The molecule has 3 nitrogen and oxygen atoms in total. The van der Waals surface area contributed by atoms with Gasteiger partial charge in [0.05, 0.1) is 0 Å². The first-order valence-corrected chi connectivity index (χ1v) is 7.26. The monoisotopic (exact) mass is 241 g/mol. The highest BCUT2D eigenvalue weighted by atomic mass is 15.2. The van der Waals surface area contributed by atoms with E-state index in [1.54, 1.807) is 0 Å². The van der Waals surface area contributed by atoms with E-state index in [9.17, 15) is 0 Å². The molecular formula is C14H31N3. The van der Waals surface area contributed by atoms with Crippen LogP contribution in [0.3, 0.4) is 0 Å². The summed E-state index contributed by atoms with van der Waals surface area (Å²) in [6, 6.07) is 0.669. The van der Waals surface area contributed by atoms with E-state index < -0.39 is 0 Å². The lowest BCUT2D eigenvalue weighted by Gasteiger charge is -2.31. The molecule has 1 aliphatic rings. The number of rotatable bonds is 6. The molecule has 1 N–H and O–H groups in total. The minimum atomic E-state index is 0.669. The lowest BCUT2D eigenvalue weighted by atomic mass is 10.2. The Balaban J connectivity index is 2.29. The number of hydrogen-bond donors (Lipinski definition) is 1. The fraction of sp³-hybridized carbons (Fsp3) is 1.00. The number of nitrogens with zero attached hydrogens (tertiary/aromatic N) is 2. The maximum atomic E-state index is 3.46. The first-order chi connectivity index (χ1) is 8.09. The topological polar surface area (TPSA) is 18.5 Å². The summed E-state index contributed by atoms with van der Waals surface area (Å²) in [5.41, 5.74) is 0. The van der Waals surface area contributed by atoms with Crippen LogP contribution in [0, 0.1) is 5.92 Å². The highest BCUT2D eigenvalue weighted by Crippen LogP contribution is 2.05. The smallest absolute Gasteiger partial charge is 0.0112 e. The maximum Gasteiger partial charge on any atom is 0.0112 e. The predicted octanol–water partition coefficient (Wildman–Crippen LogP) is 1.65. The van der Waals surface area contributed by atoms with Crippen LogP contribution in [0.15, 0.2) is 0 Å². The summed E-state index contributed by atoms with van der Waals surface area (Å²) in [5, 5.41) is 3.46. The van der Waals surface area contributed by atoms with E-state index in [4.69, 9.17) is 0 Å². The molecule has 0 unspecified atom stereocenters. The van der Waals surface area contributed by atoms with Crippen LogP contribution in [-0.2, 0) is 0 Å². The van der Waals surface area contributed by atoms with Gasteiger partial charge in [-0.1, -0.05) is 13.8 Å². The molecule has 0 aromatic carbocycles. The fourth-order valence-electron chi connectivity index (χ4n) is 2.42. The Labute approximate surface area is 108 Å². The van der Waals surface area contributed by atoms with Gasteiger partial charge in [0.2, 0.25) is 0 Å². The van der Waals surface area contributed by atoms with Gasteiger partial charge in [-0.2, -0.15) is 0 Å². The van der Waals surface area contributed by atoms with Crippen LogP contribution in [0.4, 0.5) is 0 Å². The second kappa shape index (κ2) is 8.06. The standard InChI is InChI=1S/C14H31N3/c1-13(2)12-17(14(3)4)11-10-16-8-5-6-15-7-9-16/h13-15H,5-12H2,1-4H3. The quantitative estimate of drug-likeness (QED) is 0.763. The minimum Gasteiger partial charge on any atom is -0.315 e. The second-order valence-corrected chi connectivity index (χ2v) is 5.93. The minimum absolute atomic E-state index is 0.669. The zero-order valence-corrected chi connectivity index (χ0v) is 12.2. The molecule has 0 amide bonds. The lowest BCUT2D eigenvalue weighted by molar-refractivity contribution is 0.164. The normalized spacial score (nSPS) is 19.2. The van der Waals surface area contributed by atoms with Crippen molar-refractivity contribution < 1.29 is 0 Å². The maximum absolute atomic E-state index is 3.46. The molecule has 0 aromatic rings. The van der Waals surface area contributed by atoms with Gasteiger partial charge < -0.3 is 10.2 Å². The molecule has 0 bridgehead atoms. The van der Waals surface area contributed by atoms with Gasteiger partial charge in [0.15, 0.2) is 0 Å². The van der Waals surface area contributed by atoms with Crippen LogP contribution >= 0.6 is 0 Å². The summed E-state index contributed by atoms with van der Waals surface area (Å²) in [7, 11) is 0. The summed E-state index contributed by atoms with van der Waals surface area (Å²) >= 11 is 0. The first-order valence-electron chi connectivity index (χ1n) is 7.26. The second-order valence-electron chi connectivity index (χ2n) is 5.93. The highest BCUT2D eigenvalue weighted by Gasteiger charge is 2.14. The Morgan fingerprint density at radius 2 is 1.88 bits per heavy atom. The Morgan fingerprint density at radius 3 is 2.53 bits per heavy atom. The van der Waals surface area contributed by atoms with Crippen LogP contribution < -0.4 is 5.32 Å². The molecule has 102 valence electrons. The van der Waals surface area contributed by atoms with Gasteiger partial charge in [0.1, 0.15) is 0 Å². The molecule has 0 saturated carbocycles. The van der Waals surface area contributed by atoms with Gasteiger partial charge in [-0.25, -0.2) is 0 Å². The lowest BCUT2D eigenvalue weighted by Crippen LogP contribution is -2.41. The van der Waals surface area contributed by atoms with Crippen LogP contribution in [0.2, 0.25) is 0 Å². The summed E-state index contributed by atoms with van der Waals surface area (Å²) in [6.45, 7) is 17.7.